The highest BCUT2D eigenvalue weighted by atomic mass is 79.9. The summed E-state index contributed by atoms with van der Waals surface area (Å²) >= 11 is 5.17. The highest BCUT2D eigenvalue weighted by Crippen LogP contribution is 2.28. The first-order valence-electron chi connectivity index (χ1n) is 6.63. The first kappa shape index (κ1) is 16.4. The molecule has 0 aliphatic heterocycles. The Morgan fingerprint density at radius 1 is 1.29 bits per heavy atom. The Balaban J connectivity index is 1.96. The van der Waals surface area contributed by atoms with Crippen molar-refractivity contribution in [3.05, 3.63) is 46.2 Å². The summed E-state index contributed by atoms with van der Waals surface area (Å²) in [5.41, 5.74) is 2.29. The Bertz CT molecular complexity index is 578. The SMILES string of the molecule is COCCNCc1ccc(Sc2ncc(C)cn2)cc1Br. The standard InChI is InChI=1S/C15H18BrN3OS/c1-11-8-18-15(19-9-11)21-13-4-3-12(14(16)7-13)10-17-5-6-20-2/h3-4,7-9,17H,5-6,10H2,1-2H3. The Morgan fingerprint density at radius 3 is 2.71 bits per heavy atom. The van der Waals surface area contributed by atoms with Crippen molar-refractivity contribution in [1.82, 2.24) is 15.3 Å². The van der Waals surface area contributed by atoms with Gasteiger partial charge >= 0.3 is 0 Å². The maximum Gasteiger partial charge on any atom is 0.192 e. The van der Waals surface area contributed by atoms with Crippen LogP contribution in [0.3, 0.4) is 0 Å². The lowest BCUT2D eigenvalue weighted by molar-refractivity contribution is 0.199. The van der Waals surface area contributed by atoms with Crippen LogP contribution in [0.15, 0.2) is 45.1 Å². The molecule has 0 aliphatic carbocycles. The predicted octanol–water partition coefficient (Wildman–Crippen LogP) is 3.43. The van der Waals surface area contributed by atoms with Crippen molar-refractivity contribution in [3.8, 4) is 0 Å². The van der Waals surface area contributed by atoms with Crippen LogP contribution in [-0.2, 0) is 11.3 Å². The van der Waals surface area contributed by atoms with Gasteiger partial charge in [0, 0.05) is 42.0 Å². The number of rotatable bonds is 7. The van der Waals surface area contributed by atoms with Crippen molar-refractivity contribution in [1.29, 1.82) is 0 Å². The highest BCUT2D eigenvalue weighted by Gasteiger charge is 2.04. The van der Waals surface area contributed by atoms with Crippen LogP contribution in [0.1, 0.15) is 11.1 Å². The van der Waals surface area contributed by atoms with Gasteiger partial charge in [-0.25, -0.2) is 9.97 Å². The van der Waals surface area contributed by atoms with Crippen LogP contribution in [0.2, 0.25) is 0 Å². The van der Waals surface area contributed by atoms with E-state index in [4.69, 9.17) is 4.74 Å². The lowest BCUT2D eigenvalue weighted by Crippen LogP contribution is -2.18. The Labute approximate surface area is 137 Å². The van der Waals surface area contributed by atoms with Gasteiger partial charge in [0.15, 0.2) is 5.16 Å². The summed E-state index contributed by atoms with van der Waals surface area (Å²) in [4.78, 5) is 9.73. The molecule has 0 fully saturated rings. The molecule has 112 valence electrons. The van der Waals surface area contributed by atoms with Crippen LogP contribution in [0.25, 0.3) is 0 Å². The number of hydrogen-bond donors (Lipinski definition) is 1. The summed E-state index contributed by atoms with van der Waals surface area (Å²) in [6.45, 7) is 4.36. The second-order valence-corrected chi connectivity index (χ2v) is 6.46. The number of ether oxygens (including phenoxy) is 1. The molecular weight excluding hydrogens is 350 g/mol. The molecule has 0 spiro atoms. The molecule has 4 nitrogen and oxygen atoms in total. The molecule has 1 aromatic carbocycles. The minimum atomic E-state index is 0.719. The first-order valence-corrected chi connectivity index (χ1v) is 8.24. The molecule has 1 aromatic heterocycles. The third-order valence-electron chi connectivity index (χ3n) is 2.79. The summed E-state index contributed by atoms with van der Waals surface area (Å²) in [6.07, 6.45) is 3.66. The molecular formula is C15H18BrN3OS. The van der Waals surface area contributed by atoms with Gasteiger partial charge in [-0.2, -0.15) is 0 Å². The molecule has 1 heterocycles. The van der Waals surface area contributed by atoms with Gasteiger partial charge in [0.05, 0.1) is 6.61 Å². The van der Waals surface area contributed by atoms with Crippen LogP contribution < -0.4 is 5.32 Å². The molecule has 0 aliphatic rings. The van der Waals surface area contributed by atoms with Crippen molar-refractivity contribution >= 4 is 27.7 Å². The molecule has 0 atom stereocenters. The van der Waals surface area contributed by atoms with E-state index in [9.17, 15) is 0 Å². The van der Waals surface area contributed by atoms with Gasteiger partial charge in [0.25, 0.3) is 0 Å². The number of methoxy groups -OCH3 is 1. The van der Waals surface area contributed by atoms with Crippen molar-refractivity contribution in [2.24, 2.45) is 0 Å². The molecule has 0 saturated heterocycles. The number of hydrogen-bond acceptors (Lipinski definition) is 5. The van der Waals surface area contributed by atoms with Crippen molar-refractivity contribution in [2.75, 3.05) is 20.3 Å². The lowest BCUT2D eigenvalue weighted by atomic mass is 10.2. The van der Waals surface area contributed by atoms with E-state index in [-0.39, 0.29) is 0 Å². The summed E-state index contributed by atoms with van der Waals surface area (Å²) in [7, 11) is 1.71. The van der Waals surface area contributed by atoms with Crippen LogP contribution in [0, 0.1) is 6.92 Å². The minimum Gasteiger partial charge on any atom is -0.383 e. The van der Waals surface area contributed by atoms with Gasteiger partial charge in [0.2, 0.25) is 0 Å². The lowest BCUT2D eigenvalue weighted by Gasteiger charge is -2.08. The fourth-order valence-corrected chi connectivity index (χ4v) is 3.08. The van der Waals surface area contributed by atoms with Crippen molar-refractivity contribution < 1.29 is 4.74 Å². The molecule has 0 saturated carbocycles. The molecule has 0 amide bonds. The van der Waals surface area contributed by atoms with Gasteiger partial charge in [-0.1, -0.05) is 22.0 Å². The maximum absolute atomic E-state index is 5.01. The molecule has 0 bridgehead atoms. The normalized spacial score (nSPS) is 10.8. The van der Waals surface area contributed by atoms with Gasteiger partial charge in [0.1, 0.15) is 0 Å². The highest BCUT2D eigenvalue weighted by molar-refractivity contribution is 9.10. The van der Waals surface area contributed by atoms with Crippen LogP contribution in [0.4, 0.5) is 0 Å². The molecule has 2 aromatic rings. The first-order chi connectivity index (χ1) is 10.2. The predicted molar refractivity (Wildman–Crippen MR) is 88.6 cm³/mol. The zero-order valence-electron chi connectivity index (χ0n) is 12.1. The maximum atomic E-state index is 5.01. The summed E-state index contributed by atoms with van der Waals surface area (Å²) in [5.74, 6) is 0. The zero-order chi connectivity index (χ0) is 15.1. The van der Waals surface area contributed by atoms with Gasteiger partial charge in [-0.05, 0) is 41.9 Å². The van der Waals surface area contributed by atoms with E-state index in [0.29, 0.717) is 0 Å². The van der Waals surface area contributed by atoms with E-state index >= 15 is 0 Å². The number of aryl methyl sites for hydroxylation is 1. The van der Waals surface area contributed by atoms with Crippen molar-refractivity contribution in [3.63, 3.8) is 0 Å². The van der Waals surface area contributed by atoms with Crippen molar-refractivity contribution in [2.45, 2.75) is 23.5 Å². The second kappa shape index (κ2) is 8.48. The minimum absolute atomic E-state index is 0.719. The Hall–Kier alpha value is -0.950. The van der Waals surface area contributed by atoms with E-state index in [1.807, 2.05) is 19.3 Å². The average molecular weight is 368 g/mol. The van der Waals surface area contributed by atoms with Gasteiger partial charge in [-0.3, -0.25) is 0 Å². The molecule has 21 heavy (non-hydrogen) atoms. The summed E-state index contributed by atoms with van der Waals surface area (Å²) < 4.78 is 6.10. The van der Waals surface area contributed by atoms with Crippen LogP contribution in [-0.4, -0.2) is 30.2 Å². The topological polar surface area (TPSA) is 47.0 Å². The van der Waals surface area contributed by atoms with Gasteiger partial charge < -0.3 is 10.1 Å². The third-order valence-corrected chi connectivity index (χ3v) is 4.41. The zero-order valence-corrected chi connectivity index (χ0v) is 14.5. The molecule has 6 heteroatoms. The smallest absolute Gasteiger partial charge is 0.192 e. The van der Waals surface area contributed by atoms with E-state index in [2.05, 4.69) is 49.4 Å². The van der Waals surface area contributed by atoms with E-state index in [1.54, 1.807) is 18.9 Å². The van der Waals surface area contributed by atoms with E-state index < -0.39 is 0 Å². The number of nitrogens with one attached hydrogen (secondary N) is 1. The second-order valence-electron chi connectivity index (χ2n) is 4.57. The number of halogens is 1. The number of nitrogens with zero attached hydrogens (tertiary/aromatic N) is 2. The Kier molecular flexibility index (Phi) is 6.63. The number of benzene rings is 1. The van der Waals surface area contributed by atoms with Crippen LogP contribution in [0.5, 0.6) is 0 Å². The summed E-state index contributed by atoms with van der Waals surface area (Å²) in [5, 5.41) is 4.09. The fourth-order valence-electron chi connectivity index (χ4n) is 1.67. The quantitative estimate of drug-likeness (QED) is 0.599. The average Bonchev–Trinajstić information content (AvgIpc) is 2.48. The third kappa shape index (κ3) is 5.39. The molecule has 0 radical (unpaired) electrons. The summed E-state index contributed by atoms with van der Waals surface area (Å²) in [6, 6.07) is 6.30. The van der Waals surface area contributed by atoms with E-state index in [1.165, 1.54) is 5.56 Å². The van der Waals surface area contributed by atoms with Gasteiger partial charge in [-0.15, -0.1) is 0 Å². The van der Waals surface area contributed by atoms with Crippen LogP contribution >= 0.6 is 27.7 Å². The van der Waals surface area contributed by atoms with E-state index in [0.717, 1.165) is 39.8 Å². The molecule has 0 unspecified atom stereocenters. The Morgan fingerprint density at radius 2 is 2.05 bits per heavy atom. The largest absolute Gasteiger partial charge is 0.383 e. The monoisotopic (exact) mass is 367 g/mol. The fraction of sp³-hybridized carbons (Fsp3) is 0.333. The molecule has 1 N–H and O–H groups in total. The molecule has 2 rings (SSSR count). The number of aromatic nitrogens is 2.